The number of nitrogens with zero attached hydrogens (tertiary/aromatic N) is 11. The van der Waals surface area contributed by atoms with Crippen LogP contribution in [0, 0.1) is 25.5 Å². The maximum atomic E-state index is 13.6. The Morgan fingerprint density at radius 2 is 1.09 bits per heavy atom. The van der Waals surface area contributed by atoms with Crippen molar-refractivity contribution in [2.24, 2.45) is 5.73 Å². The Labute approximate surface area is 386 Å². The van der Waals surface area contributed by atoms with Crippen LogP contribution in [0.4, 0.5) is 43.3 Å². The first-order chi connectivity index (χ1) is 31.1. The molecule has 0 atom stereocenters. The summed E-state index contributed by atoms with van der Waals surface area (Å²) in [6.07, 6.45) is 8.35. The smallest absolute Gasteiger partial charge is 0.222 e. The van der Waals surface area contributed by atoms with Crippen LogP contribution in [0.5, 0.6) is 0 Å². The van der Waals surface area contributed by atoms with Gasteiger partial charge in [-0.05, 0) is 92.7 Å². The summed E-state index contributed by atoms with van der Waals surface area (Å²) in [5.41, 5.74) is 14.9. The Bertz CT molecular complexity index is 3110. The summed E-state index contributed by atoms with van der Waals surface area (Å²) >= 11 is 11.4. The van der Waals surface area contributed by atoms with Gasteiger partial charge in [0.05, 0.1) is 11.4 Å². The minimum atomic E-state index is -0.383. The molecule has 0 aliphatic carbocycles. The van der Waals surface area contributed by atoms with Crippen LogP contribution in [0.25, 0.3) is 34.1 Å². The normalized spacial score (nSPS) is 10.2. The van der Waals surface area contributed by atoms with Crippen molar-refractivity contribution in [3.05, 3.63) is 149 Å². The highest BCUT2D eigenvalue weighted by Crippen LogP contribution is 2.26. The third kappa shape index (κ3) is 13.4. The number of carbonyl (C=O) groups excluding carboxylic acids is 2. The Morgan fingerprint density at radius 1 is 0.636 bits per heavy atom. The second-order valence-electron chi connectivity index (χ2n) is 13.5. The number of carbonyl (C=O) groups is 2. The zero-order chi connectivity index (χ0) is 46.6. The molecule has 0 fully saturated rings. The maximum absolute atomic E-state index is 13.6. The lowest BCUT2D eigenvalue weighted by Crippen LogP contribution is -2.08. The lowest BCUT2D eigenvalue weighted by molar-refractivity contribution is -0.116. The van der Waals surface area contributed by atoms with Gasteiger partial charge >= 0.3 is 0 Å². The molecule has 338 valence electrons. The van der Waals surface area contributed by atoms with Gasteiger partial charge < -0.3 is 27.4 Å². The first-order valence-electron chi connectivity index (χ1n) is 19.1. The van der Waals surface area contributed by atoms with Crippen molar-refractivity contribution in [3.8, 4) is 23.0 Å². The van der Waals surface area contributed by atoms with Gasteiger partial charge in [-0.15, -0.1) is 10.2 Å². The van der Waals surface area contributed by atoms with E-state index in [9.17, 15) is 18.4 Å². The first-order valence-corrected chi connectivity index (χ1v) is 19.9. The van der Waals surface area contributed by atoms with E-state index in [0.717, 1.165) is 16.7 Å². The quantitative estimate of drug-likeness (QED) is 0.0938. The van der Waals surface area contributed by atoms with E-state index in [2.05, 4.69) is 66.8 Å². The molecule has 0 saturated heterocycles. The number of rotatable bonds is 7. The number of hydrogen-bond acceptors (Lipinski definition) is 14. The summed E-state index contributed by atoms with van der Waals surface area (Å²) in [6.45, 7) is 5.91. The zero-order valence-corrected chi connectivity index (χ0v) is 36.4. The lowest BCUT2D eigenvalue weighted by Gasteiger charge is -2.11. The first kappa shape index (κ1) is 48.8. The third-order valence-corrected chi connectivity index (χ3v) is 8.76. The Hall–Kier alpha value is -8.23. The SMILES string of the molecule is C.CC(=O)Nc1cc(Nc2nc(-c3ccc(F)c(C)n3)nn3cccc23)ccn1.CC(N)=O.Cc1nc(-c2nc(Nc3ccnc(Cl)c3)c3cccn3n2)ccc1F.Nc1ccnc(Cl)c1. The Morgan fingerprint density at radius 3 is 1.52 bits per heavy atom. The molecule has 22 heteroatoms. The second-order valence-corrected chi connectivity index (χ2v) is 14.3. The number of amides is 2. The Balaban J connectivity index is 0.000000197. The maximum Gasteiger partial charge on any atom is 0.222 e. The number of pyridine rings is 5. The van der Waals surface area contributed by atoms with Crippen molar-refractivity contribution in [2.45, 2.75) is 35.1 Å². The van der Waals surface area contributed by atoms with E-state index in [1.165, 1.54) is 32.0 Å². The zero-order valence-electron chi connectivity index (χ0n) is 34.9. The molecule has 2 amide bonds. The number of halogens is 4. The Kier molecular flexibility index (Phi) is 16.6. The molecule has 66 heavy (non-hydrogen) atoms. The molecule has 0 radical (unpaired) electrons. The van der Waals surface area contributed by atoms with Crippen molar-refractivity contribution >= 4 is 80.6 Å². The van der Waals surface area contributed by atoms with Gasteiger partial charge in [-0.1, -0.05) is 30.6 Å². The molecule has 0 aliphatic rings. The van der Waals surface area contributed by atoms with Gasteiger partial charge in [0.15, 0.2) is 11.6 Å². The summed E-state index contributed by atoms with van der Waals surface area (Å²) < 4.78 is 30.4. The van der Waals surface area contributed by atoms with Gasteiger partial charge in [0.1, 0.15) is 50.2 Å². The summed E-state index contributed by atoms with van der Waals surface area (Å²) in [7, 11) is 0. The van der Waals surface area contributed by atoms with E-state index in [0.29, 0.717) is 67.9 Å². The predicted octanol–water partition coefficient (Wildman–Crippen LogP) is 8.81. The molecular formula is C44H42Cl2F2N16O2. The van der Waals surface area contributed by atoms with Crippen LogP contribution in [0.3, 0.4) is 0 Å². The van der Waals surface area contributed by atoms with Crippen LogP contribution in [0.2, 0.25) is 10.3 Å². The lowest BCUT2D eigenvalue weighted by atomic mass is 10.3. The third-order valence-electron chi connectivity index (χ3n) is 8.35. The number of aryl methyl sites for hydroxylation is 2. The number of fused-ring (bicyclic) bond motifs is 2. The number of aromatic nitrogens is 11. The molecule has 9 rings (SSSR count). The van der Waals surface area contributed by atoms with Crippen LogP contribution in [0.15, 0.2) is 116 Å². The van der Waals surface area contributed by atoms with E-state index in [1.54, 1.807) is 90.1 Å². The number of nitrogens with one attached hydrogen (secondary N) is 3. The summed E-state index contributed by atoms with van der Waals surface area (Å²) in [6, 6.07) is 23.5. The van der Waals surface area contributed by atoms with Crippen LogP contribution in [0.1, 0.15) is 32.7 Å². The molecule has 9 aromatic heterocycles. The average Bonchev–Trinajstić information content (AvgIpc) is 3.94. The van der Waals surface area contributed by atoms with Gasteiger partial charge in [0.25, 0.3) is 0 Å². The van der Waals surface area contributed by atoms with E-state index >= 15 is 0 Å². The van der Waals surface area contributed by atoms with Crippen LogP contribution >= 0.6 is 23.2 Å². The minimum absolute atomic E-state index is 0. The summed E-state index contributed by atoms with van der Waals surface area (Å²) in [4.78, 5) is 49.8. The molecule has 7 N–H and O–H groups in total. The van der Waals surface area contributed by atoms with Crippen LogP contribution < -0.4 is 27.4 Å². The molecule has 0 spiro atoms. The van der Waals surface area contributed by atoms with Crippen molar-refractivity contribution in [2.75, 3.05) is 21.7 Å². The van der Waals surface area contributed by atoms with Gasteiger partial charge in [-0.3, -0.25) is 9.59 Å². The fraction of sp³-hybridized carbons (Fsp3) is 0.114. The fourth-order valence-corrected chi connectivity index (χ4v) is 5.89. The highest BCUT2D eigenvalue weighted by Gasteiger charge is 2.14. The van der Waals surface area contributed by atoms with Crippen LogP contribution in [-0.2, 0) is 9.59 Å². The standard InChI is InChI=1S/C19H16FN7O.C17H12ClFN6.C5H5ClN2.C2H5NO.CH4/c1-11-14(20)5-6-15(22-11)18-25-19(16-4-3-9-27(16)26-18)24-13-7-8-21-17(10-13)23-12(2)28;1-10-12(19)4-5-13(21-10)16-23-17(14-3-2-8-25(14)24-16)22-11-6-7-20-15(18)9-11;6-5-3-4(7)1-2-8-5;1-2(3)4;/h3-10H,1-2H3,(H2,21,23,24,25,26,28);2-9H,1H3,(H,20,22,23,24);1-3H,(H2,7,8);1H3,(H2,3,4);1H4. The van der Waals surface area contributed by atoms with Crippen LogP contribution in [-0.4, -0.2) is 65.9 Å². The highest BCUT2D eigenvalue weighted by atomic mass is 35.5. The predicted molar refractivity (Wildman–Crippen MR) is 251 cm³/mol. The molecule has 0 saturated carbocycles. The van der Waals surface area contributed by atoms with E-state index in [4.69, 9.17) is 28.9 Å². The number of nitrogen functional groups attached to an aromatic ring is 1. The molecule has 0 aromatic carbocycles. The molecular weight excluding hydrogens is 893 g/mol. The van der Waals surface area contributed by atoms with Crippen molar-refractivity contribution < 1.29 is 18.4 Å². The van der Waals surface area contributed by atoms with Gasteiger partial charge in [0, 0.05) is 68.0 Å². The summed E-state index contributed by atoms with van der Waals surface area (Å²) in [5.74, 6) is 0.997. The summed E-state index contributed by atoms with van der Waals surface area (Å²) in [5, 5.41) is 18.8. The monoisotopic (exact) mass is 934 g/mol. The molecule has 9 heterocycles. The van der Waals surface area contributed by atoms with Crippen molar-refractivity contribution in [1.29, 1.82) is 0 Å². The molecule has 9 aromatic rings. The number of anilines is 6. The molecule has 0 unspecified atom stereocenters. The van der Waals surface area contributed by atoms with Gasteiger partial charge in [-0.25, -0.2) is 52.7 Å². The molecule has 0 bridgehead atoms. The van der Waals surface area contributed by atoms with Crippen molar-refractivity contribution in [1.82, 2.24) is 54.1 Å². The molecule has 0 aliphatic heterocycles. The minimum Gasteiger partial charge on any atom is -0.399 e. The second kappa shape index (κ2) is 22.4. The van der Waals surface area contributed by atoms with Gasteiger partial charge in [-0.2, -0.15) is 0 Å². The number of primary amides is 1. The number of nitrogens with two attached hydrogens (primary N) is 2. The van der Waals surface area contributed by atoms with E-state index in [1.807, 2.05) is 30.5 Å². The van der Waals surface area contributed by atoms with E-state index < -0.39 is 0 Å². The largest absolute Gasteiger partial charge is 0.399 e. The fourth-order valence-electron chi connectivity index (χ4n) is 5.54. The van der Waals surface area contributed by atoms with E-state index in [-0.39, 0.29) is 36.6 Å². The average molecular weight is 936 g/mol. The highest BCUT2D eigenvalue weighted by molar-refractivity contribution is 6.29. The molecule has 18 nitrogen and oxygen atoms in total. The topological polar surface area (TPSA) is 247 Å². The van der Waals surface area contributed by atoms with Gasteiger partial charge in [0.2, 0.25) is 23.5 Å². The number of hydrogen-bond donors (Lipinski definition) is 5. The van der Waals surface area contributed by atoms with Crippen molar-refractivity contribution in [3.63, 3.8) is 0 Å².